The van der Waals surface area contributed by atoms with E-state index >= 15 is 0 Å². The predicted octanol–water partition coefficient (Wildman–Crippen LogP) is 1.36. The molecule has 0 saturated heterocycles. The van der Waals surface area contributed by atoms with Gasteiger partial charge in [-0.1, -0.05) is 17.7 Å². The lowest BCUT2D eigenvalue weighted by Gasteiger charge is -2.23. The van der Waals surface area contributed by atoms with Crippen LogP contribution in [0.3, 0.4) is 0 Å². The van der Waals surface area contributed by atoms with Gasteiger partial charge in [0.15, 0.2) is 0 Å². The van der Waals surface area contributed by atoms with Crippen LogP contribution in [0.2, 0.25) is 5.02 Å². The number of methoxy groups -OCH3 is 2. The number of halogens is 1. The smallest absolute Gasteiger partial charge is 0.325 e. The van der Waals surface area contributed by atoms with Crippen molar-refractivity contribution in [3.8, 4) is 6.07 Å². The Bertz CT molecular complexity index is 536. The van der Waals surface area contributed by atoms with Gasteiger partial charge in [-0.3, -0.25) is 9.59 Å². The maximum absolute atomic E-state index is 11.4. The molecule has 0 bridgehead atoms. The van der Waals surface area contributed by atoms with E-state index in [2.05, 4.69) is 9.47 Å². The molecule has 6 nitrogen and oxygen atoms in total. The standard InChI is InChI=1S/C13H13ClN2O4/c1-19-12(17)7-16(8-13(18)20-2)11-5-3-4-10(14)9(11)6-15/h3-5H,7-8H2,1-2H3. The van der Waals surface area contributed by atoms with Crippen LogP contribution in [-0.2, 0) is 19.1 Å². The molecule has 0 aliphatic rings. The van der Waals surface area contributed by atoms with E-state index in [0.717, 1.165) is 0 Å². The number of carbonyl (C=O) groups excluding carboxylic acids is 2. The van der Waals surface area contributed by atoms with Crippen LogP contribution in [0.5, 0.6) is 0 Å². The quantitative estimate of drug-likeness (QED) is 0.763. The third-order valence-corrected chi connectivity index (χ3v) is 2.85. The van der Waals surface area contributed by atoms with Gasteiger partial charge in [-0.25, -0.2) is 0 Å². The summed E-state index contributed by atoms with van der Waals surface area (Å²) in [6, 6.07) is 6.72. The first-order valence-corrected chi connectivity index (χ1v) is 5.98. The van der Waals surface area contributed by atoms with Crippen molar-refractivity contribution in [3.05, 3.63) is 28.8 Å². The fourth-order valence-corrected chi connectivity index (χ4v) is 1.77. The van der Waals surface area contributed by atoms with Crippen molar-refractivity contribution >= 4 is 29.2 Å². The normalized spacial score (nSPS) is 9.50. The van der Waals surface area contributed by atoms with E-state index in [4.69, 9.17) is 16.9 Å². The maximum Gasteiger partial charge on any atom is 0.325 e. The van der Waals surface area contributed by atoms with Crippen molar-refractivity contribution in [1.29, 1.82) is 5.26 Å². The molecule has 106 valence electrons. The van der Waals surface area contributed by atoms with Crippen LogP contribution in [0.1, 0.15) is 5.56 Å². The number of carbonyl (C=O) groups is 2. The highest BCUT2D eigenvalue weighted by molar-refractivity contribution is 6.32. The molecule has 0 N–H and O–H groups in total. The zero-order valence-corrected chi connectivity index (χ0v) is 11.8. The number of esters is 2. The Balaban J connectivity index is 3.16. The highest BCUT2D eigenvalue weighted by Gasteiger charge is 2.20. The second-order valence-corrected chi connectivity index (χ2v) is 4.16. The summed E-state index contributed by atoms with van der Waals surface area (Å²) < 4.78 is 9.15. The number of rotatable bonds is 5. The van der Waals surface area contributed by atoms with Crippen LogP contribution in [-0.4, -0.2) is 39.2 Å². The van der Waals surface area contributed by atoms with Crippen LogP contribution in [0.15, 0.2) is 18.2 Å². The number of nitrogens with zero attached hydrogens (tertiary/aromatic N) is 2. The molecule has 0 heterocycles. The molecule has 0 aromatic heterocycles. The Kier molecular flexibility index (Phi) is 5.81. The van der Waals surface area contributed by atoms with E-state index in [0.29, 0.717) is 5.69 Å². The second-order valence-electron chi connectivity index (χ2n) is 3.75. The Morgan fingerprint density at radius 2 is 1.80 bits per heavy atom. The number of ether oxygens (including phenoxy) is 2. The van der Waals surface area contributed by atoms with Gasteiger partial charge in [-0.2, -0.15) is 5.26 Å². The minimum Gasteiger partial charge on any atom is -0.468 e. The Labute approximate surface area is 121 Å². The lowest BCUT2D eigenvalue weighted by atomic mass is 10.1. The van der Waals surface area contributed by atoms with Crippen molar-refractivity contribution in [2.75, 3.05) is 32.2 Å². The molecule has 20 heavy (non-hydrogen) atoms. The topological polar surface area (TPSA) is 79.6 Å². The van der Waals surface area contributed by atoms with Crippen molar-refractivity contribution in [1.82, 2.24) is 0 Å². The summed E-state index contributed by atoms with van der Waals surface area (Å²) in [5.41, 5.74) is 0.553. The fourth-order valence-electron chi connectivity index (χ4n) is 1.55. The van der Waals surface area contributed by atoms with Gasteiger partial charge in [0.2, 0.25) is 0 Å². The average Bonchev–Trinajstić information content (AvgIpc) is 2.45. The largest absolute Gasteiger partial charge is 0.468 e. The Hall–Kier alpha value is -2.26. The van der Waals surface area contributed by atoms with Crippen molar-refractivity contribution < 1.29 is 19.1 Å². The van der Waals surface area contributed by atoms with Gasteiger partial charge in [0, 0.05) is 0 Å². The van der Waals surface area contributed by atoms with Crippen molar-refractivity contribution in [3.63, 3.8) is 0 Å². The molecule has 0 aliphatic carbocycles. The summed E-state index contributed by atoms with van der Waals surface area (Å²) in [5, 5.41) is 9.38. The van der Waals surface area contributed by atoms with E-state index in [9.17, 15) is 9.59 Å². The summed E-state index contributed by atoms with van der Waals surface area (Å²) in [7, 11) is 2.48. The van der Waals surface area contributed by atoms with Gasteiger partial charge >= 0.3 is 11.9 Å². The van der Waals surface area contributed by atoms with Crippen molar-refractivity contribution in [2.45, 2.75) is 0 Å². The first-order chi connectivity index (χ1) is 9.53. The number of benzene rings is 1. The van der Waals surface area contributed by atoms with E-state index in [1.165, 1.54) is 19.1 Å². The van der Waals surface area contributed by atoms with Gasteiger partial charge in [-0.15, -0.1) is 0 Å². The highest BCUT2D eigenvalue weighted by atomic mass is 35.5. The van der Waals surface area contributed by atoms with Gasteiger partial charge in [-0.05, 0) is 12.1 Å². The van der Waals surface area contributed by atoms with Crippen LogP contribution in [0.25, 0.3) is 0 Å². The molecule has 0 amide bonds. The molecule has 1 aromatic carbocycles. The number of hydrogen-bond donors (Lipinski definition) is 0. The molecule has 0 atom stereocenters. The molecular formula is C13H13ClN2O4. The lowest BCUT2D eigenvalue weighted by Crippen LogP contribution is -2.36. The maximum atomic E-state index is 11.4. The zero-order valence-electron chi connectivity index (χ0n) is 11.1. The molecule has 1 aromatic rings. The van der Waals surface area contributed by atoms with Gasteiger partial charge in [0.05, 0.1) is 30.5 Å². The zero-order chi connectivity index (χ0) is 15.1. The summed E-state index contributed by atoms with van der Waals surface area (Å²) in [5.74, 6) is -1.09. The minimum atomic E-state index is -0.544. The van der Waals surface area contributed by atoms with Crippen LogP contribution < -0.4 is 4.90 Å². The fraction of sp³-hybridized carbons (Fsp3) is 0.308. The van der Waals surface area contributed by atoms with E-state index in [1.54, 1.807) is 18.2 Å². The Morgan fingerprint density at radius 1 is 1.25 bits per heavy atom. The lowest BCUT2D eigenvalue weighted by molar-refractivity contribution is -0.140. The average molecular weight is 297 g/mol. The van der Waals surface area contributed by atoms with E-state index < -0.39 is 11.9 Å². The van der Waals surface area contributed by atoms with Gasteiger partial charge < -0.3 is 14.4 Å². The van der Waals surface area contributed by atoms with Gasteiger partial charge in [0.1, 0.15) is 19.2 Å². The molecule has 0 fully saturated rings. The molecule has 0 spiro atoms. The molecule has 0 saturated carbocycles. The predicted molar refractivity (Wildman–Crippen MR) is 72.4 cm³/mol. The highest BCUT2D eigenvalue weighted by Crippen LogP contribution is 2.26. The number of anilines is 1. The summed E-state index contributed by atoms with van der Waals surface area (Å²) in [6.45, 7) is -0.388. The minimum absolute atomic E-state index is 0.182. The SMILES string of the molecule is COC(=O)CN(CC(=O)OC)c1cccc(Cl)c1C#N. The summed E-state index contributed by atoms with van der Waals surface area (Å²) in [4.78, 5) is 24.2. The molecule has 0 aliphatic heterocycles. The number of nitriles is 1. The third-order valence-electron chi connectivity index (χ3n) is 2.54. The molecular weight excluding hydrogens is 284 g/mol. The molecule has 0 unspecified atom stereocenters. The summed E-state index contributed by atoms with van der Waals surface area (Å²) >= 11 is 5.93. The number of hydrogen-bond acceptors (Lipinski definition) is 6. The first kappa shape index (κ1) is 15.8. The van der Waals surface area contributed by atoms with Crippen LogP contribution >= 0.6 is 11.6 Å². The molecule has 1 rings (SSSR count). The van der Waals surface area contributed by atoms with Crippen LogP contribution in [0, 0.1) is 11.3 Å². The first-order valence-electron chi connectivity index (χ1n) is 5.60. The van der Waals surface area contributed by atoms with Crippen molar-refractivity contribution in [2.24, 2.45) is 0 Å². The Morgan fingerprint density at radius 3 is 2.25 bits per heavy atom. The second kappa shape index (κ2) is 7.36. The summed E-state index contributed by atoms with van der Waals surface area (Å²) in [6.07, 6.45) is 0. The van der Waals surface area contributed by atoms with Crippen LogP contribution in [0.4, 0.5) is 5.69 Å². The van der Waals surface area contributed by atoms with Gasteiger partial charge in [0.25, 0.3) is 0 Å². The molecule has 0 radical (unpaired) electrons. The van der Waals surface area contributed by atoms with E-state index in [-0.39, 0.29) is 23.7 Å². The van der Waals surface area contributed by atoms with E-state index in [1.807, 2.05) is 6.07 Å². The monoisotopic (exact) mass is 296 g/mol. The third kappa shape index (κ3) is 3.87. The molecule has 7 heteroatoms.